The number of piperidine rings is 1. The number of carbonyl (C=O) groups excluding carboxylic acids is 1. The first-order valence-electron chi connectivity index (χ1n) is 11.1. The van der Waals surface area contributed by atoms with E-state index < -0.39 is 4.92 Å². The topological polar surface area (TPSA) is 90.8 Å². The molecule has 2 aromatic carbocycles. The number of rotatable bonds is 10. The van der Waals surface area contributed by atoms with Gasteiger partial charge in [0.2, 0.25) is 0 Å². The summed E-state index contributed by atoms with van der Waals surface area (Å²) in [6.07, 6.45) is 2.10. The van der Waals surface area contributed by atoms with Crippen LogP contribution in [-0.4, -0.2) is 67.4 Å². The van der Waals surface area contributed by atoms with E-state index >= 15 is 0 Å². The first kappa shape index (κ1) is 23.7. The Morgan fingerprint density at radius 3 is 2.53 bits per heavy atom. The van der Waals surface area contributed by atoms with Crippen LogP contribution in [0.2, 0.25) is 0 Å². The van der Waals surface area contributed by atoms with E-state index in [0.29, 0.717) is 30.3 Å². The van der Waals surface area contributed by atoms with Crippen molar-refractivity contribution in [2.24, 2.45) is 5.92 Å². The van der Waals surface area contributed by atoms with E-state index in [2.05, 4.69) is 34.5 Å². The fourth-order valence-electron chi connectivity index (χ4n) is 3.86. The highest BCUT2D eigenvalue weighted by atomic mass is 16.6. The second-order valence-electron chi connectivity index (χ2n) is 8.63. The molecular weight excluding hydrogens is 406 g/mol. The molecule has 2 aromatic rings. The number of benzene rings is 2. The van der Waals surface area contributed by atoms with Crippen LogP contribution < -0.4 is 10.6 Å². The average molecular weight is 440 g/mol. The van der Waals surface area contributed by atoms with Crippen molar-refractivity contribution in [3.05, 3.63) is 69.8 Å². The molecule has 8 heteroatoms. The molecule has 1 aliphatic rings. The lowest BCUT2D eigenvalue weighted by Gasteiger charge is -2.32. The van der Waals surface area contributed by atoms with Crippen molar-refractivity contribution in [3.8, 4) is 0 Å². The molecule has 1 fully saturated rings. The summed E-state index contributed by atoms with van der Waals surface area (Å²) in [5, 5.41) is 17.6. The van der Waals surface area contributed by atoms with Crippen molar-refractivity contribution in [2.75, 3.05) is 52.1 Å². The van der Waals surface area contributed by atoms with Crippen molar-refractivity contribution in [1.82, 2.24) is 15.1 Å². The van der Waals surface area contributed by atoms with Crippen LogP contribution in [0.5, 0.6) is 0 Å². The van der Waals surface area contributed by atoms with Crippen LogP contribution in [0.15, 0.2) is 48.5 Å². The van der Waals surface area contributed by atoms with Gasteiger partial charge < -0.3 is 20.4 Å². The van der Waals surface area contributed by atoms with Crippen LogP contribution in [0.3, 0.4) is 0 Å². The number of hydrogen-bond acceptors (Lipinski definition) is 6. The van der Waals surface area contributed by atoms with Crippen LogP contribution >= 0.6 is 0 Å². The molecular formula is C24H33N5O3. The van der Waals surface area contributed by atoms with E-state index in [1.54, 1.807) is 12.1 Å². The number of nitro benzene ring substituents is 1. The first-order chi connectivity index (χ1) is 15.4. The molecule has 32 heavy (non-hydrogen) atoms. The fraction of sp³-hybridized carbons (Fsp3) is 0.458. The summed E-state index contributed by atoms with van der Waals surface area (Å²) < 4.78 is 0. The Bertz CT molecular complexity index is 896. The normalized spacial score (nSPS) is 15.0. The molecule has 1 aliphatic heterocycles. The summed E-state index contributed by atoms with van der Waals surface area (Å²) in [5.74, 6) is 0.175. The molecule has 3 rings (SSSR count). The Kier molecular flexibility index (Phi) is 8.58. The number of hydrogen-bond donors (Lipinski definition) is 2. The second-order valence-corrected chi connectivity index (χ2v) is 8.63. The second kappa shape index (κ2) is 11.6. The summed E-state index contributed by atoms with van der Waals surface area (Å²) >= 11 is 0. The molecule has 0 saturated carbocycles. The lowest BCUT2D eigenvalue weighted by molar-refractivity contribution is -0.384. The molecule has 0 atom stereocenters. The lowest BCUT2D eigenvalue weighted by Crippen LogP contribution is -2.41. The first-order valence-corrected chi connectivity index (χ1v) is 11.1. The summed E-state index contributed by atoms with van der Waals surface area (Å²) in [6, 6.07) is 14.3. The molecule has 0 aliphatic carbocycles. The predicted molar refractivity (Wildman–Crippen MR) is 127 cm³/mol. The standard InChI is InChI=1S/C24H33N5O3/c1-27(2)14-15-28-12-10-20(11-13-28)18-26-24(30)21-8-9-22(23(16-21)29(31)32)25-17-19-6-4-3-5-7-19/h3-9,16,20,25H,10-15,17-18H2,1-2H3,(H,26,30). The van der Waals surface area contributed by atoms with Crippen LogP contribution in [-0.2, 0) is 6.54 Å². The van der Waals surface area contributed by atoms with Crippen LogP contribution in [0.1, 0.15) is 28.8 Å². The number of carbonyl (C=O) groups is 1. The summed E-state index contributed by atoms with van der Waals surface area (Å²) in [7, 11) is 4.16. The van der Waals surface area contributed by atoms with Gasteiger partial charge in [-0.05, 0) is 63.6 Å². The fourth-order valence-corrected chi connectivity index (χ4v) is 3.86. The Hall–Kier alpha value is -2.97. The number of likely N-dealkylation sites (tertiary alicyclic amines) is 1. The smallest absolute Gasteiger partial charge is 0.293 e. The Balaban J connectivity index is 1.52. The quantitative estimate of drug-likeness (QED) is 0.436. The highest BCUT2D eigenvalue weighted by Crippen LogP contribution is 2.26. The average Bonchev–Trinajstić information content (AvgIpc) is 2.81. The molecule has 0 bridgehead atoms. The van der Waals surface area contributed by atoms with Gasteiger partial charge in [-0.1, -0.05) is 30.3 Å². The Labute approximate surface area is 189 Å². The largest absolute Gasteiger partial charge is 0.375 e. The molecule has 0 aromatic heterocycles. The number of nitrogens with zero attached hydrogens (tertiary/aromatic N) is 3. The molecule has 0 spiro atoms. The van der Waals surface area contributed by atoms with Gasteiger partial charge in [0.25, 0.3) is 11.6 Å². The SMILES string of the molecule is CN(C)CCN1CCC(CNC(=O)c2ccc(NCc3ccccc3)c([N+](=O)[O-])c2)CC1. The Morgan fingerprint density at radius 1 is 1.16 bits per heavy atom. The van der Waals surface area contributed by atoms with E-state index in [9.17, 15) is 14.9 Å². The van der Waals surface area contributed by atoms with Gasteiger partial charge in [-0.2, -0.15) is 0 Å². The number of nitro groups is 1. The summed E-state index contributed by atoms with van der Waals surface area (Å²) in [5.41, 5.74) is 1.64. The zero-order valence-corrected chi connectivity index (χ0v) is 18.9. The summed E-state index contributed by atoms with van der Waals surface area (Å²) in [6.45, 7) is 5.28. The molecule has 2 N–H and O–H groups in total. The molecule has 1 amide bonds. The monoisotopic (exact) mass is 439 g/mol. The van der Waals surface area contributed by atoms with Crippen molar-refractivity contribution in [1.29, 1.82) is 0 Å². The Morgan fingerprint density at radius 2 is 1.88 bits per heavy atom. The third-order valence-corrected chi connectivity index (χ3v) is 5.90. The minimum Gasteiger partial charge on any atom is -0.375 e. The molecule has 1 heterocycles. The van der Waals surface area contributed by atoms with Crippen molar-refractivity contribution in [3.63, 3.8) is 0 Å². The van der Waals surface area contributed by atoms with Gasteiger partial charge in [0.05, 0.1) is 4.92 Å². The highest BCUT2D eigenvalue weighted by Gasteiger charge is 2.21. The van der Waals surface area contributed by atoms with Crippen LogP contribution in [0.4, 0.5) is 11.4 Å². The predicted octanol–water partition coefficient (Wildman–Crippen LogP) is 3.21. The maximum absolute atomic E-state index is 12.6. The number of amides is 1. The number of likely N-dealkylation sites (N-methyl/N-ethyl adjacent to an activating group) is 1. The minimum absolute atomic E-state index is 0.0946. The molecule has 8 nitrogen and oxygen atoms in total. The zero-order chi connectivity index (χ0) is 22.9. The van der Waals surface area contributed by atoms with Gasteiger partial charge in [0.1, 0.15) is 5.69 Å². The molecule has 0 unspecified atom stereocenters. The highest BCUT2D eigenvalue weighted by molar-refractivity contribution is 5.95. The maximum Gasteiger partial charge on any atom is 0.293 e. The van der Waals surface area contributed by atoms with Gasteiger partial charge in [0, 0.05) is 37.8 Å². The van der Waals surface area contributed by atoms with Crippen LogP contribution in [0, 0.1) is 16.0 Å². The van der Waals surface area contributed by atoms with Gasteiger partial charge in [-0.25, -0.2) is 0 Å². The van der Waals surface area contributed by atoms with Gasteiger partial charge >= 0.3 is 0 Å². The van der Waals surface area contributed by atoms with E-state index in [0.717, 1.165) is 44.6 Å². The lowest BCUT2D eigenvalue weighted by atomic mass is 9.96. The van der Waals surface area contributed by atoms with E-state index in [-0.39, 0.29) is 11.6 Å². The van der Waals surface area contributed by atoms with Crippen molar-refractivity contribution < 1.29 is 9.72 Å². The third kappa shape index (κ3) is 7.03. The van der Waals surface area contributed by atoms with Crippen LogP contribution in [0.25, 0.3) is 0 Å². The van der Waals surface area contributed by atoms with Gasteiger partial charge in [-0.3, -0.25) is 14.9 Å². The minimum atomic E-state index is -0.451. The maximum atomic E-state index is 12.6. The number of nitrogens with one attached hydrogen (secondary N) is 2. The third-order valence-electron chi connectivity index (χ3n) is 5.90. The summed E-state index contributed by atoms with van der Waals surface area (Å²) in [4.78, 5) is 28.4. The van der Waals surface area contributed by atoms with Crippen molar-refractivity contribution in [2.45, 2.75) is 19.4 Å². The van der Waals surface area contributed by atoms with E-state index in [1.807, 2.05) is 30.3 Å². The van der Waals surface area contributed by atoms with E-state index in [4.69, 9.17) is 0 Å². The van der Waals surface area contributed by atoms with Gasteiger partial charge in [0.15, 0.2) is 0 Å². The van der Waals surface area contributed by atoms with E-state index in [1.165, 1.54) is 6.07 Å². The molecule has 172 valence electrons. The molecule has 1 saturated heterocycles. The zero-order valence-electron chi connectivity index (χ0n) is 18.9. The molecule has 0 radical (unpaired) electrons. The van der Waals surface area contributed by atoms with Gasteiger partial charge in [-0.15, -0.1) is 0 Å². The number of anilines is 1. The van der Waals surface area contributed by atoms with Crippen molar-refractivity contribution >= 4 is 17.3 Å².